The number of nitrogens with zero attached hydrogens (tertiary/aromatic N) is 1. The SMILES string of the molecule is CN(C)C(=O)CCc1ccc(NC(=S)NC(=O)CCC(=O)OCCCc2ccccc2)cc1. The van der Waals surface area contributed by atoms with Crippen molar-refractivity contribution in [1.29, 1.82) is 0 Å². The summed E-state index contributed by atoms with van der Waals surface area (Å²) in [6.45, 7) is 0.328. The van der Waals surface area contributed by atoms with E-state index in [-0.39, 0.29) is 29.8 Å². The van der Waals surface area contributed by atoms with E-state index in [1.807, 2.05) is 54.6 Å². The van der Waals surface area contributed by atoms with Crippen LogP contribution in [0.2, 0.25) is 0 Å². The highest BCUT2D eigenvalue weighted by Crippen LogP contribution is 2.11. The normalized spacial score (nSPS) is 10.2. The maximum atomic E-state index is 12.0. The molecular formula is C25H31N3O4S. The summed E-state index contributed by atoms with van der Waals surface area (Å²) >= 11 is 5.16. The molecule has 0 aliphatic rings. The topological polar surface area (TPSA) is 87.7 Å². The van der Waals surface area contributed by atoms with E-state index in [9.17, 15) is 14.4 Å². The molecule has 0 spiro atoms. The van der Waals surface area contributed by atoms with Gasteiger partial charge >= 0.3 is 5.97 Å². The Kier molecular flexibility index (Phi) is 11.0. The van der Waals surface area contributed by atoms with Crippen LogP contribution in [-0.4, -0.2) is 48.5 Å². The van der Waals surface area contributed by atoms with Crippen LogP contribution < -0.4 is 10.6 Å². The number of aryl methyl sites for hydroxylation is 2. The predicted molar refractivity (Wildman–Crippen MR) is 133 cm³/mol. The number of carbonyl (C=O) groups is 3. The minimum atomic E-state index is -0.402. The van der Waals surface area contributed by atoms with Gasteiger partial charge in [0, 0.05) is 32.6 Å². The Morgan fingerprint density at radius 2 is 1.55 bits per heavy atom. The molecule has 0 fully saturated rings. The number of anilines is 1. The van der Waals surface area contributed by atoms with Gasteiger partial charge in [-0.05, 0) is 54.7 Å². The van der Waals surface area contributed by atoms with Crippen molar-refractivity contribution in [3.63, 3.8) is 0 Å². The van der Waals surface area contributed by atoms with Gasteiger partial charge in [-0.3, -0.25) is 14.4 Å². The van der Waals surface area contributed by atoms with Crippen LogP contribution in [0.5, 0.6) is 0 Å². The molecule has 0 bridgehead atoms. The number of rotatable bonds is 11. The first-order chi connectivity index (χ1) is 15.8. The smallest absolute Gasteiger partial charge is 0.306 e. The van der Waals surface area contributed by atoms with E-state index in [2.05, 4.69) is 10.6 Å². The zero-order chi connectivity index (χ0) is 24.1. The highest BCUT2D eigenvalue weighted by atomic mass is 32.1. The molecule has 0 saturated heterocycles. The summed E-state index contributed by atoms with van der Waals surface area (Å²) in [5, 5.41) is 5.66. The van der Waals surface area contributed by atoms with Crippen molar-refractivity contribution in [2.45, 2.75) is 38.5 Å². The quantitative estimate of drug-likeness (QED) is 0.298. The maximum Gasteiger partial charge on any atom is 0.306 e. The van der Waals surface area contributed by atoms with Crippen LogP contribution >= 0.6 is 12.2 Å². The molecule has 0 unspecified atom stereocenters. The summed E-state index contributed by atoms with van der Waals surface area (Å²) in [5.74, 6) is -0.676. The highest BCUT2D eigenvalue weighted by molar-refractivity contribution is 7.80. The van der Waals surface area contributed by atoms with Crippen LogP contribution in [0.15, 0.2) is 54.6 Å². The Balaban J connectivity index is 1.61. The maximum absolute atomic E-state index is 12.0. The van der Waals surface area contributed by atoms with Gasteiger partial charge < -0.3 is 20.3 Å². The molecule has 0 saturated carbocycles. The largest absolute Gasteiger partial charge is 0.466 e. The Bertz CT molecular complexity index is 930. The van der Waals surface area contributed by atoms with Crippen molar-refractivity contribution < 1.29 is 19.1 Å². The first-order valence-electron chi connectivity index (χ1n) is 10.9. The Morgan fingerprint density at radius 3 is 2.21 bits per heavy atom. The van der Waals surface area contributed by atoms with Gasteiger partial charge in [0.05, 0.1) is 13.0 Å². The number of hydrogen-bond acceptors (Lipinski definition) is 5. The predicted octanol–water partition coefficient (Wildman–Crippen LogP) is 3.48. The van der Waals surface area contributed by atoms with E-state index < -0.39 is 5.97 Å². The van der Waals surface area contributed by atoms with Gasteiger partial charge in [-0.15, -0.1) is 0 Å². The first kappa shape index (κ1) is 26.0. The molecule has 8 heteroatoms. The summed E-state index contributed by atoms with van der Waals surface area (Å²) < 4.78 is 5.18. The number of hydrogen-bond donors (Lipinski definition) is 2. The van der Waals surface area contributed by atoms with Crippen LogP contribution in [0.3, 0.4) is 0 Å². The monoisotopic (exact) mass is 469 g/mol. The molecule has 0 atom stereocenters. The zero-order valence-corrected chi connectivity index (χ0v) is 20.0. The fourth-order valence-electron chi connectivity index (χ4n) is 2.98. The number of thiocarbonyl (C=S) groups is 1. The van der Waals surface area contributed by atoms with Crippen molar-refractivity contribution in [3.05, 3.63) is 65.7 Å². The lowest BCUT2D eigenvalue weighted by molar-refractivity contribution is -0.145. The number of ether oxygens (including phenoxy) is 1. The summed E-state index contributed by atoms with van der Waals surface area (Å²) in [6.07, 6.45) is 2.67. The summed E-state index contributed by atoms with van der Waals surface area (Å²) in [5.41, 5.74) is 2.96. The molecule has 2 N–H and O–H groups in total. The molecule has 2 amide bonds. The van der Waals surface area contributed by atoms with Crippen LogP contribution in [0.1, 0.15) is 36.8 Å². The fourth-order valence-corrected chi connectivity index (χ4v) is 3.21. The van der Waals surface area contributed by atoms with Gasteiger partial charge in [-0.25, -0.2) is 0 Å². The van der Waals surface area contributed by atoms with E-state index in [1.165, 1.54) is 5.56 Å². The van der Waals surface area contributed by atoms with Gasteiger partial charge in [-0.1, -0.05) is 42.5 Å². The molecule has 2 aromatic rings. The lowest BCUT2D eigenvalue weighted by atomic mass is 10.1. The van der Waals surface area contributed by atoms with Crippen LogP contribution in [-0.2, 0) is 32.0 Å². The van der Waals surface area contributed by atoms with Crippen LogP contribution in [0.4, 0.5) is 5.69 Å². The molecule has 0 aliphatic heterocycles. The molecule has 7 nitrogen and oxygen atoms in total. The standard InChI is InChI=1S/C25H31N3O4S/c1-28(2)23(30)16-12-20-10-13-21(14-11-20)26-25(33)27-22(29)15-17-24(31)32-18-6-9-19-7-4-3-5-8-19/h3-5,7-8,10-11,13-14H,6,9,12,15-18H2,1-2H3,(H2,26,27,29,33). The van der Waals surface area contributed by atoms with Crippen molar-refractivity contribution in [3.8, 4) is 0 Å². The third-order valence-corrected chi connectivity index (χ3v) is 5.07. The van der Waals surface area contributed by atoms with Gasteiger partial charge in [0.2, 0.25) is 11.8 Å². The second-order valence-corrected chi connectivity index (χ2v) is 8.21. The van der Waals surface area contributed by atoms with Gasteiger partial charge in [-0.2, -0.15) is 0 Å². The summed E-state index contributed by atoms with van der Waals surface area (Å²) in [6, 6.07) is 17.5. The number of esters is 1. The summed E-state index contributed by atoms with van der Waals surface area (Å²) in [7, 11) is 3.47. The third-order valence-electron chi connectivity index (χ3n) is 4.86. The lowest BCUT2D eigenvalue weighted by Gasteiger charge is -2.11. The average molecular weight is 470 g/mol. The minimum absolute atomic E-state index is 0.000148. The molecular weight excluding hydrogens is 438 g/mol. The minimum Gasteiger partial charge on any atom is -0.466 e. The van der Waals surface area contributed by atoms with Crippen molar-refractivity contribution in [1.82, 2.24) is 10.2 Å². The van der Waals surface area contributed by atoms with Crippen LogP contribution in [0.25, 0.3) is 0 Å². The summed E-state index contributed by atoms with van der Waals surface area (Å²) in [4.78, 5) is 37.1. The number of amides is 2. The average Bonchev–Trinajstić information content (AvgIpc) is 2.80. The molecule has 33 heavy (non-hydrogen) atoms. The molecule has 0 aliphatic carbocycles. The van der Waals surface area contributed by atoms with E-state index in [0.29, 0.717) is 19.4 Å². The molecule has 0 heterocycles. The second kappa shape index (κ2) is 14.0. The van der Waals surface area contributed by atoms with E-state index in [0.717, 1.165) is 24.1 Å². The van der Waals surface area contributed by atoms with Gasteiger partial charge in [0.25, 0.3) is 0 Å². The lowest BCUT2D eigenvalue weighted by Crippen LogP contribution is -2.34. The number of carbonyl (C=O) groups excluding carboxylic acids is 3. The Hall–Kier alpha value is -3.26. The molecule has 2 aromatic carbocycles. The third kappa shape index (κ3) is 10.7. The molecule has 0 radical (unpaired) electrons. The molecule has 0 aromatic heterocycles. The van der Waals surface area contributed by atoms with E-state index >= 15 is 0 Å². The fraction of sp³-hybridized carbons (Fsp3) is 0.360. The van der Waals surface area contributed by atoms with Gasteiger partial charge in [0.15, 0.2) is 5.11 Å². The van der Waals surface area contributed by atoms with Crippen molar-refractivity contribution >= 4 is 40.8 Å². The van der Waals surface area contributed by atoms with Crippen molar-refractivity contribution in [2.24, 2.45) is 0 Å². The molecule has 176 valence electrons. The highest BCUT2D eigenvalue weighted by Gasteiger charge is 2.10. The number of nitrogens with one attached hydrogen (secondary N) is 2. The van der Waals surface area contributed by atoms with Crippen molar-refractivity contribution in [2.75, 3.05) is 26.0 Å². The Labute approximate surface area is 200 Å². The zero-order valence-electron chi connectivity index (χ0n) is 19.1. The molecule has 2 rings (SSSR count). The number of benzene rings is 2. The first-order valence-corrected chi connectivity index (χ1v) is 11.3. The second-order valence-electron chi connectivity index (χ2n) is 7.80. The van der Waals surface area contributed by atoms with Gasteiger partial charge in [0.1, 0.15) is 0 Å². The van der Waals surface area contributed by atoms with E-state index in [4.69, 9.17) is 17.0 Å². The van der Waals surface area contributed by atoms with E-state index in [1.54, 1.807) is 19.0 Å². The Morgan fingerprint density at radius 1 is 0.879 bits per heavy atom. The van der Waals surface area contributed by atoms with Crippen LogP contribution in [0, 0.1) is 0 Å².